The monoisotopic (exact) mass is 257 g/mol. The van der Waals surface area contributed by atoms with E-state index in [1.165, 1.54) is 12.1 Å². The van der Waals surface area contributed by atoms with E-state index in [-0.39, 0.29) is 23.7 Å². The van der Waals surface area contributed by atoms with E-state index in [0.29, 0.717) is 0 Å². The van der Waals surface area contributed by atoms with Crippen LogP contribution in [0.25, 0.3) is 0 Å². The van der Waals surface area contributed by atoms with Crippen LogP contribution in [0.5, 0.6) is 11.5 Å². The molecule has 3 nitrogen and oxygen atoms in total. The number of alkyl halides is 3. The molecule has 0 aliphatic carbocycles. The molecule has 0 aromatic heterocycles. The third kappa shape index (κ3) is 4.16. The molecule has 0 aliphatic rings. The third-order valence-electron chi connectivity index (χ3n) is 1.86. The van der Waals surface area contributed by atoms with Crippen molar-refractivity contribution < 1.29 is 23.4 Å². The van der Waals surface area contributed by atoms with E-state index in [9.17, 15) is 18.3 Å². The van der Waals surface area contributed by atoms with Crippen molar-refractivity contribution in [1.82, 2.24) is 0 Å². The van der Waals surface area contributed by atoms with Crippen LogP contribution in [0, 0.1) is 0 Å². The van der Waals surface area contributed by atoms with Gasteiger partial charge in [-0.2, -0.15) is 13.2 Å². The molecule has 16 heavy (non-hydrogen) atoms. The summed E-state index contributed by atoms with van der Waals surface area (Å²) in [7, 11) is 0. The van der Waals surface area contributed by atoms with Gasteiger partial charge >= 0.3 is 6.18 Å². The summed E-state index contributed by atoms with van der Waals surface area (Å²) in [6, 6.07) is 1.96. The summed E-state index contributed by atoms with van der Waals surface area (Å²) < 4.78 is 36.0. The van der Waals surface area contributed by atoms with Crippen molar-refractivity contribution in [3.05, 3.63) is 23.8 Å². The number of aromatic hydroxyl groups is 2. The number of hydrogen-bond acceptors (Lipinski definition) is 3. The van der Waals surface area contributed by atoms with Gasteiger partial charge in [-0.05, 0) is 6.07 Å². The zero-order chi connectivity index (χ0) is 11.6. The van der Waals surface area contributed by atoms with Gasteiger partial charge in [-0.15, -0.1) is 12.4 Å². The Hall–Kier alpha value is -1.14. The van der Waals surface area contributed by atoms with Crippen LogP contribution in [0.1, 0.15) is 18.0 Å². The molecule has 0 saturated carbocycles. The van der Waals surface area contributed by atoms with Crippen LogP contribution >= 0.6 is 12.4 Å². The molecule has 0 unspecified atom stereocenters. The molecule has 0 radical (unpaired) electrons. The van der Waals surface area contributed by atoms with Gasteiger partial charge in [0.15, 0.2) is 0 Å². The SMILES string of the molecule is Cl.N[C@H](CC(F)(F)F)c1ccc(O)cc1O. The molecule has 0 saturated heterocycles. The van der Waals surface area contributed by atoms with Gasteiger partial charge in [0.1, 0.15) is 11.5 Å². The topological polar surface area (TPSA) is 66.5 Å². The molecule has 7 heteroatoms. The van der Waals surface area contributed by atoms with Crippen LogP contribution in [0.2, 0.25) is 0 Å². The maximum absolute atomic E-state index is 12.0. The van der Waals surface area contributed by atoms with Crippen molar-refractivity contribution >= 4 is 12.4 Å². The Bertz CT molecular complexity index is 357. The first kappa shape index (κ1) is 14.9. The van der Waals surface area contributed by atoms with Crippen molar-refractivity contribution in [2.24, 2.45) is 5.73 Å². The van der Waals surface area contributed by atoms with Crippen LogP contribution < -0.4 is 5.73 Å². The predicted octanol–water partition coefficient (Wildman–Crippen LogP) is 2.47. The zero-order valence-corrected chi connectivity index (χ0v) is 8.85. The number of phenols is 2. The Balaban J connectivity index is 0.00000225. The van der Waals surface area contributed by atoms with Crippen LogP contribution in [0.3, 0.4) is 0 Å². The van der Waals surface area contributed by atoms with Crippen molar-refractivity contribution in [3.8, 4) is 11.5 Å². The lowest BCUT2D eigenvalue weighted by Gasteiger charge is -2.15. The largest absolute Gasteiger partial charge is 0.508 e. The molecule has 1 aromatic carbocycles. The van der Waals surface area contributed by atoms with Crippen molar-refractivity contribution in [1.29, 1.82) is 0 Å². The van der Waals surface area contributed by atoms with Gasteiger partial charge in [0, 0.05) is 17.7 Å². The van der Waals surface area contributed by atoms with Gasteiger partial charge in [0.2, 0.25) is 0 Å². The van der Waals surface area contributed by atoms with E-state index in [0.717, 1.165) is 6.07 Å². The summed E-state index contributed by atoms with van der Waals surface area (Å²) in [5, 5.41) is 18.2. The molecule has 0 amide bonds. The smallest absolute Gasteiger partial charge is 0.390 e. The van der Waals surface area contributed by atoms with Crippen molar-refractivity contribution in [3.63, 3.8) is 0 Å². The summed E-state index contributed by atoms with van der Waals surface area (Å²) in [5.74, 6) is -0.665. The molecule has 1 rings (SSSR count). The van der Waals surface area contributed by atoms with Gasteiger partial charge in [-0.25, -0.2) is 0 Å². The van der Waals surface area contributed by atoms with E-state index < -0.39 is 24.4 Å². The van der Waals surface area contributed by atoms with Crippen LogP contribution in [-0.2, 0) is 0 Å². The lowest BCUT2D eigenvalue weighted by atomic mass is 10.0. The maximum Gasteiger partial charge on any atom is 0.390 e. The quantitative estimate of drug-likeness (QED) is 0.762. The molecule has 0 heterocycles. The van der Waals surface area contributed by atoms with E-state index in [1.807, 2.05) is 0 Å². The Kier molecular flexibility index (Phi) is 4.89. The van der Waals surface area contributed by atoms with Gasteiger partial charge in [-0.3, -0.25) is 0 Å². The first-order valence-corrected chi connectivity index (χ1v) is 4.14. The highest BCUT2D eigenvalue weighted by Gasteiger charge is 2.31. The summed E-state index contributed by atoms with van der Waals surface area (Å²) >= 11 is 0. The third-order valence-corrected chi connectivity index (χ3v) is 1.86. The van der Waals surface area contributed by atoms with Crippen molar-refractivity contribution in [2.45, 2.75) is 18.6 Å². The fraction of sp³-hybridized carbons (Fsp3) is 0.333. The van der Waals surface area contributed by atoms with Crippen molar-refractivity contribution in [2.75, 3.05) is 0 Å². The van der Waals surface area contributed by atoms with E-state index in [1.54, 1.807) is 0 Å². The molecule has 0 bridgehead atoms. The first-order valence-electron chi connectivity index (χ1n) is 4.14. The average Bonchev–Trinajstić information content (AvgIpc) is 1.99. The molecule has 1 atom stereocenters. The summed E-state index contributed by atoms with van der Waals surface area (Å²) in [6.07, 6.45) is -5.60. The second kappa shape index (κ2) is 5.27. The molecule has 1 aromatic rings. The molecule has 92 valence electrons. The minimum Gasteiger partial charge on any atom is -0.508 e. The Morgan fingerprint density at radius 3 is 2.25 bits per heavy atom. The number of nitrogens with two attached hydrogens (primary N) is 1. The lowest BCUT2D eigenvalue weighted by Crippen LogP contribution is -2.20. The fourth-order valence-corrected chi connectivity index (χ4v) is 1.20. The molecule has 4 N–H and O–H groups in total. The predicted molar refractivity (Wildman–Crippen MR) is 54.6 cm³/mol. The number of rotatable bonds is 2. The molecule has 0 fully saturated rings. The van der Waals surface area contributed by atoms with Crippen LogP contribution in [0.15, 0.2) is 18.2 Å². The minimum absolute atomic E-state index is 0. The van der Waals surface area contributed by atoms with Crippen LogP contribution in [0.4, 0.5) is 13.2 Å². The number of hydrogen-bond donors (Lipinski definition) is 3. The molecular formula is C9H11ClF3NO2. The molecule has 0 aliphatic heterocycles. The lowest BCUT2D eigenvalue weighted by molar-refractivity contribution is -0.138. The van der Waals surface area contributed by atoms with E-state index in [4.69, 9.17) is 10.8 Å². The van der Waals surface area contributed by atoms with Gasteiger partial charge in [0.25, 0.3) is 0 Å². The molecule has 0 spiro atoms. The van der Waals surface area contributed by atoms with Gasteiger partial charge < -0.3 is 15.9 Å². The first-order chi connectivity index (χ1) is 6.79. The average molecular weight is 258 g/mol. The normalized spacial score (nSPS) is 13.0. The Morgan fingerprint density at radius 2 is 1.81 bits per heavy atom. The highest BCUT2D eigenvalue weighted by atomic mass is 35.5. The maximum atomic E-state index is 12.0. The summed E-state index contributed by atoms with van der Waals surface area (Å²) in [4.78, 5) is 0. The Labute approximate surface area is 96.1 Å². The second-order valence-corrected chi connectivity index (χ2v) is 3.17. The fourth-order valence-electron chi connectivity index (χ4n) is 1.20. The molecular weight excluding hydrogens is 247 g/mol. The summed E-state index contributed by atoms with van der Waals surface area (Å²) in [6.45, 7) is 0. The Morgan fingerprint density at radius 1 is 1.25 bits per heavy atom. The number of phenolic OH excluding ortho intramolecular Hbond substituents is 2. The zero-order valence-electron chi connectivity index (χ0n) is 8.03. The van der Waals surface area contributed by atoms with Gasteiger partial charge in [-0.1, -0.05) is 6.07 Å². The minimum atomic E-state index is -4.39. The second-order valence-electron chi connectivity index (χ2n) is 3.17. The number of benzene rings is 1. The highest BCUT2D eigenvalue weighted by Crippen LogP contribution is 2.33. The standard InChI is InChI=1S/C9H10F3NO2.ClH/c10-9(11,12)4-7(13)6-2-1-5(14)3-8(6)15;/h1-3,7,14-15H,4,13H2;1H/t7-;/m1./s1. The number of halogens is 4. The van der Waals surface area contributed by atoms with Gasteiger partial charge in [0.05, 0.1) is 6.42 Å². The van der Waals surface area contributed by atoms with E-state index in [2.05, 4.69) is 0 Å². The van der Waals surface area contributed by atoms with Crippen LogP contribution in [-0.4, -0.2) is 16.4 Å². The summed E-state index contributed by atoms with van der Waals surface area (Å²) in [5.41, 5.74) is 5.23. The highest BCUT2D eigenvalue weighted by molar-refractivity contribution is 5.85. The van der Waals surface area contributed by atoms with E-state index >= 15 is 0 Å².